The van der Waals surface area contributed by atoms with Gasteiger partial charge >= 0.3 is 0 Å². The van der Waals surface area contributed by atoms with E-state index >= 15 is 0 Å². The Balaban J connectivity index is 4.08. The van der Waals surface area contributed by atoms with E-state index in [1.54, 1.807) is 13.8 Å². The van der Waals surface area contributed by atoms with Crippen LogP contribution in [-0.4, -0.2) is 25.8 Å². The zero-order valence-electron chi connectivity index (χ0n) is 6.51. The fourth-order valence-electron chi connectivity index (χ4n) is 0.591. The molecule has 0 aromatic rings. The Bertz CT molecular complexity index is 138. The van der Waals surface area contributed by atoms with E-state index in [1.165, 1.54) is 7.11 Å². The number of ketones is 1. The van der Waals surface area contributed by atoms with Gasteiger partial charge in [-0.05, 0) is 0 Å². The van der Waals surface area contributed by atoms with Gasteiger partial charge < -0.3 is 4.74 Å². The molecule has 0 saturated carbocycles. The van der Waals surface area contributed by atoms with E-state index in [1.807, 2.05) is 0 Å². The maximum Gasteiger partial charge on any atom is 0.203 e. The smallest absolute Gasteiger partial charge is 0.203 e. The van der Waals surface area contributed by atoms with Crippen LogP contribution in [0.4, 0.5) is 0 Å². The molecule has 0 aliphatic heterocycles. The largest absolute Gasteiger partial charge is 0.384 e. The Kier molecular flexibility index (Phi) is 3.22. The summed E-state index contributed by atoms with van der Waals surface area (Å²) in [5.74, 6) is -0.422. The summed E-state index contributed by atoms with van der Waals surface area (Å²) in [6.07, 6.45) is 0.332. The van der Waals surface area contributed by atoms with Crippen molar-refractivity contribution >= 4 is 12.1 Å². The monoisotopic (exact) mass is 144 g/mol. The Morgan fingerprint density at radius 1 is 1.60 bits per heavy atom. The Hall–Kier alpha value is -0.700. The molecule has 0 N–H and O–H groups in total. The van der Waals surface area contributed by atoms with Gasteiger partial charge in [0.2, 0.25) is 5.78 Å². The molecule has 0 fully saturated rings. The minimum atomic E-state index is -0.670. The number of Topliss-reactive ketones (excluding diaryl/α,β-unsaturated/α-hetero) is 1. The van der Waals surface area contributed by atoms with Crippen LogP contribution in [0.1, 0.15) is 13.8 Å². The Morgan fingerprint density at radius 2 is 2.10 bits per heavy atom. The molecule has 10 heavy (non-hydrogen) atoms. The molecule has 0 rings (SSSR count). The van der Waals surface area contributed by atoms with Crippen molar-refractivity contribution in [3.63, 3.8) is 0 Å². The van der Waals surface area contributed by atoms with Crippen LogP contribution in [0, 0.1) is 5.41 Å². The molecule has 0 aliphatic rings. The van der Waals surface area contributed by atoms with Crippen LogP contribution in [0.25, 0.3) is 0 Å². The van der Waals surface area contributed by atoms with Crippen LogP contribution in [0.5, 0.6) is 0 Å². The first-order valence-electron chi connectivity index (χ1n) is 3.03. The highest BCUT2D eigenvalue weighted by atomic mass is 16.5. The summed E-state index contributed by atoms with van der Waals surface area (Å²) in [4.78, 5) is 20.8. The third-order valence-corrected chi connectivity index (χ3v) is 1.28. The van der Waals surface area contributed by atoms with E-state index < -0.39 is 11.2 Å². The highest BCUT2D eigenvalue weighted by molar-refractivity contribution is 6.27. The van der Waals surface area contributed by atoms with Crippen molar-refractivity contribution in [2.75, 3.05) is 13.7 Å². The Morgan fingerprint density at radius 3 is 2.40 bits per heavy atom. The molecular formula is C7H12O3. The van der Waals surface area contributed by atoms with E-state index in [9.17, 15) is 9.59 Å². The maximum atomic E-state index is 10.8. The lowest BCUT2D eigenvalue weighted by Gasteiger charge is -2.17. The van der Waals surface area contributed by atoms with Crippen molar-refractivity contribution in [1.82, 2.24) is 0 Å². The molecule has 0 heterocycles. The van der Waals surface area contributed by atoms with E-state index in [4.69, 9.17) is 4.74 Å². The van der Waals surface area contributed by atoms with Gasteiger partial charge in [0.05, 0.1) is 12.0 Å². The summed E-state index contributed by atoms with van der Waals surface area (Å²) >= 11 is 0. The van der Waals surface area contributed by atoms with Crippen LogP contribution < -0.4 is 0 Å². The Labute approximate surface area is 60.4 Å². The molecule has 0 radical (unpaired) electrons. The highest BCUT2D eigenvalue weighted by Crippen LogP contribution is 2.14. The van der Waals surface area contributed by atoms with E-state index in [2.05, 4.69) is 0 Å². The van der Waals surface area contributed by atoms with Crippen LogP contribution in [0.2, 0.25) is 0 Å². The molecule has 3 heteroatoms. The number of carbonyl (C=O) groups is 2. The van der Waals surface area contributed by atoms with Crippen LogP contribution in [-0.2, 0) is 14.3 Å². The third kappa shape index (κ3) is 2.27. The molecule has 0 aromatic carbocycles. The van der Waals surface area contributed by atoms with E-state index in [0.29, 0.717) is 6.29 Å². The molecule has 0 unspecified atom stereocenters. The normalized spacial score (nSPS) is 11.1. The number of ether oxygens (including phenoxy) is 1. The average Bonchev–Trinajstić information content (AvgIpc) is 1.86. The SMILES string of the molecule is COCC(C)(C)C(=O)C=O. The number of rotatable bonds is 4. The number of hydrogen-bond donors (Lipinski definition) is 0. The van der Waals surface area contributed by atoms with Gasteiger partial charge in [0.15, 0.2) is 6.29 Å². The molecule has 3 nitrogen and oxygen atoms in total. The summed E-state index contributed by atoms with van der Waals surface area (Å²) in [6.45, 7) is 3.63. The molecule has 0 aliphatic carbocycles. The fourth-order valence-corrected chi connectivity index (χ4v) is 0.591. The van der Waals surface area contributed by atoms with Crippen molar-refractivity contribution in [2.24, 2.45) is 5.41 Å². The lowest BCUT2D eigenvalue weighted by molar-refractivity contribution is -0.137. The molecule has 0 bridgehead atoms. The average molecular weight is 144 g/mol. The van der Waals surface area contributed by atoms with Gasteiger partial charge in [0.1, 0.15) is 0 Å². The quantitative estimate of drug-likeness (QED) is 0.424. The second kappa shape index (κ2) is 3.46. The van der Waals surface area contributed by atoms with Crippen molar-refractivity contribution < 1.29 is 14.3 Å². The zero-order valence-corrected chi connectivity index (χ0v) is 6.51. The molecule has 58 valence electrons. The van der Waals surface area contributed by atoms with E-state index in [-0.39, 0.29) is 6.61 Å². The van der Waals surface area contributed by atoms with Crippen LogP contribution in [0.3, 0.4) is 0 Å². The molecular weight excluding hydrogens is 132 g/mol. The van der Waals surface area contributed by atoms with Gasteiger partial charge in [-0.15, -0.1) is 0 Å². The standard InChI is InChI=1S/C7H12O3/c1-7(2,5-10-3)6(9)4-8/h4H,5H2,1-3H3. The molecule has 0 atom stereocenters. The molecule has 0 amide bonds. The summed E-state index contributed by atoms with van der Waals surface area (Å²) in [7, 11) is 1.50. The predicted octanol–water partition coefficient (Wildman–Crippen LogP) is 0.427. The minimum absolute atomic E-state index is 0.282. The van der Waals surface area contributed by atoms with Gasteiger partial charge in [-0.1, -0.05) is 13.8 Å². The second-order valence-corrected chi connectivity index (χ2v) is 2.80. The lowest BCUT2D eigenvalue weighted by atomic mass is 9.90. The van der Waals surface area contributed by atoms with Crippen LogP contribution in [0.15, 0.2) is 0 Å². The summed E-state index contributed by atoms with van der Waals surface area (Å²) in [6, 6.07) is 0. The first-order chi connectivity index (χ1) is 4.54. The van der Waals surface area contributed by atoms with Gasteiger partial charge in [-0.3, -0.25) is 9.59 Å². The highest BCUT2D eigenvalue weighted by Gasteiger charge is 2.26. The van der Waals surface area contributed by atoms with E-state index in [0.717, 1.165) is 0 Å². The predicted molar refractivity (Wildman–Crippen MR) is 36.7 cm³/mol. The summed E-state index contributed by atoms with van der Waals surface area (Å²) < 4.78 is 4.75. The van der Waals surface area contributed by atoms with Gasteiger partial charge in [-0.2, -0.15) is 0 Å². The van der Waals surface area contributed by atoms with Crippen LogP contribution >= 0.6 is 0 Å². The zero-order chi connectivity index (χ0) is 8.20. The number of aldehydes is 1. The number of hydrogen-bond acceptors (Lipinski definition) is 3. The van der Waals surface area contributed by atoms with Crippen molar-refractivity contribution in [2.45, 2.75) is 13.8 Å². The van der Waals surface area contributed by atoms with Crippen molar-refractivity contribution in [3.05, 3.63) is 0 Å². The maximum absolute atomic E-state index is 10.8. The van der Waals surface area contributed by atoms with Crippen molar-refractivity contribution in [1.29, 1.82) is 0 Å². The van der Waals surface area contributed by atoms with Gasteiger partial charge in [0, 0.05) is 7.11 Å². The molecule has 0 saturated heterocycles. The minimum Gasteiger partial charge on any atom is -0.384 e. The summed E-state index contributed by atoms with van der Waals surface area (Å²) in [5.41, 5.74) is -0.670. The molecule has 0 spiro atoms. The number of methoxy groups -OCH3 is 1. The summed E-state index contributed by atoms with van der Waals surface area (Å²) in [5, 5.41) is 0. The van der Waals surface area contributed by atoms with Gasteiger partial charge in [-0.25, -0.2) is 0 Å². The second-order valence-electron chi connectivity index (χ2n) is 2.80. The topological polar surface area (TPSA) is 43.4 Å². The first kappa shape index (κ1) is 9.30. The first-order valence-corrected chi connectivity index (χ1v) is 3.03. The fraction of sp³-hybridized carbons (Fsp3) is 0.714. The van der Waals surface area contributed by atoms with Gasteiger partial charge in [0.25, 0.3) is 0 Å². The lowest BCUT2D eigenvalue weighted by Crippen LogP contribution is -2.29. The van der Waals surface area contributed by atoms with Crippen molar-refractivity contribution in [3.8, 4) is 0 Å². The number of carbonyl (C=O) groups excluding carboxylic acids is 2. The third-order valence-electron chi connectivity index (χ3n) is 1.28. The molecule has 0 aromatic heterocycles.